The molecule has 0 bridgehead atoms. The third kappa shape index (κ3) is 9.33. The first kappa shape index (κ1) is 40.4. The number of hydrogen-bond acceptors (Lipinski definition) is 12. The maximum atomic E-state index is 10.3. The van der Waals surface area contributed by atoms with Crippen LogP contribution in [-0.2, 0) is 33.0 Å². The summed E-state index contributed by atoms with van der Waals surface area (Å²) < 4.78 is 34.0. The van der Waals surface area contributed by atoms with Gasteiger partial charge in [-0.25, -0.2) is 0 Å². The third-order valence-corrected chi connectivity index (χ3v) is 13.1. The molecule has 17 heteroatoms. The summed E-state index contributed by atoms with van der Waals surface area (Å²) in [5.41, 5.74) is 2.51. The number of hydrogen-bond donors (Lipinski definition) is 5. The molecule has 5 N–H and O–H groups in total. The van der Waals surface area contributed by atoms with E-state index in [1.165, 1.54) is 8.51 Å². The molecule has 58 heavy (non-hydrogen) atoms. The van der Waals surface area contributed by atoms with Crippen LogP contribution in [0.3, 0.4) is 0 Å². The van der Waals surface area contributed by atoms with Crippen LogP contribution < -0.4 is 28.2 Å². The third-order valence-electron chi connectivity index (χ3n) is 8.44. The molecule has 6 aromatic carbocycles. The fourth-order valence-electron chi connectivity index (χ4n) is 5.48. The monoisotopic (exact) mass is 841 g/mol. The molecule has 0 spiro atoms. The van der Waals surface area contributed by atoms with Gasteiger partial charge in [0.25, 0.3) is 0 Å². The van der Waals surface area contributed by atoms with Crippen LogP contribution in [0.2, 0.25) is 0 Å². The van der Waals surface area contributed by atoms with Crippen molar-refractivity contribution in [3.8, 4) is 46.0 Å². The molecule has 0 radical (unpaired) electrons. The highest BCUT2D eigenvalue weighted by atomic mass is 31.2. The van der Waals surface area contributed by atoms with Crippen molar-refractivity contribution in [2.24, 2.45) is 0 Å². The molecule has 2 unspecified atom stereocenters. The molecule has 0 saturated heterocycles. The summed E-state index contributed by atoms with van der Waals surface area (Å²) in [7, 11) is -4.21. The number of benzene rings is 6. The molecule has 7 aromatic rings. The maximum Gasteiger partial charge on any atom is 0.319 e. The summed E-state index contributed by atoms with van der Waals surface area (Å²) in [5.74, 6) is 2.21. The lowest BCUT2D eigenvalue weighted by molar-refractivity contribution is 0.216. The number of aliphatic hydroxyl groups is 5. The fourth-order valence-corrected chi connectivity index (χ4v) is 10.5. The molecular formula is C41H38N3O11P3. The molecule has 1 heterocycles. The normalized spacial score (nSPS) is 11.6. The van der Waals surface area contributed by atoms with E-state index in [9.17, 15) is 25.5 Å². The Morgan fingerprint density at radius 3 is 1.40 bits per heavy atom. The highest BCUT2D eigenvalue weighted by Crippen LogP contribution is 2.49. The van der Waals surface area contributed by atoms with Crippen LogP contribution in [0.4, 0.5) is 0 Å². The molecule has 0 aliphatic rings. The molecule has 2 atom stereocenters. The van der Waals surface area contributed by atoms with E-state index < -0.39 is 16.2 Å². The number of rotatable bonds is 17. The molecular weight excluding hydrogens is 803 g/mol. The van der Waals surface area contributed by atoms with Crippen molar-refractivity contribution in [2.45, 2.75) is 33.0 Å². The topological polar surface area (TPSA) is 179 Å². The molecule has 0 aliphatic carbocycles. The maximum absolute atomic E-state index is 10.3. The molecule has 0 fully saturated rings. The first-order valence-corrected chi connectivity index (χ1v) is 20.9. The number of aromatic nitrogens is 3. The van der Waals surface area contributed by atoms with Gasteiger partial charge in [0.15, 0.2) is 31.5 Å². The first-order valence-electron chi connectivity index (χ1n) is 17.8. The highest BCUT2D eigenvalue weighted by molar-refractivity contribution is 7.56. The van der Waals surface area contributed by atoms with Crippen molar-refractivity contribution >= 4 is 24.7 Å². The average molecular weight is 842 g/mol. The van der Waals surface area contributed by atoms with Crippen molar-refractivity contribution in [3.63, 3.8) is 0 Å². The second kappa shape index (κ2) is 19.6. The minimum absolute atomic E-state index is 0.132. The van der Waals surface area contributed by atoms with Gasteiger partial charge in [0.2, 0.25) is 5.75 Å². The number of nitrogens with zero attached hydrogens (tertiary/aromatic N) is 3. The average Bonchev–Trinajstić information content (AvgIpc) is 3.27. The fraction of sp³-hybridized carbons (Fsp3) is 0.122. The summed E-state index contributed by atoms with van der Waals surface area (Å²) in [6.07, 6.45) is 0. The predicted molar refractivity (Wildman–Crippen MR) is 218 cm³/mol. The molecule has 0 amide bonds. The zero-order valence-electron chi connectivity index (χ0n) is 30.7. The Morgan fingerprint density at radius 1 is 0.431 bits per heavy atom. The molecule has 14 nitrogen and oxygen atoms in total. The van der Waals surface area contributed by atoms with Crippen molar-refractivity contribution in [1.82, 2.24) is 13.0 Å². The first-order chi connectivity index (χ1) is 28.5. The molecule has 7 rings (SSSR count). The second-order valence-corrected chi connectivity index (χ2v) is 16.5. The largest absolute Gasteiger partial charge is 0.453 e. The summed E-state index contributed by atoms with van der Waals surface area (Å²) >= 11 is 0. The van der Waals surface area contributed by atoms with E-state index in [1.54, 1.807) is 140 Å². The van der Waals surface area contributed by atoms with Crippen molar-refractivity contribution in [1.29, 1.82) is 0 Å². The summed E-state index contributed by atoms with van der Waals surface area (Å²) in [5, 5.41) is 51.0. The van der Waals surface area contributed by atoms with Crippen LogP contribution >= 0.6 is 24.7 Å². The van der Waals surface area contributed by atoms with Gasteiger partial charge in [-0.15, -0.1) is 4.51 Å². The highest BCUT2D eigenvalue weighted by Gasteiger charge is 2.25. The zero-order valence-corrected chi connectivity index (χ0v) is 33.4. The van der Waals surface area contributed by atoms with Crippen LogP contribution in [0.25, 0.3) is 0 Å². The minimum atomic E-state index is -2.22. The second-order valence-electron chi connectivity index (χ2n) is 12.2. The van der Waals surface area contributed by atoms with Crippen LogP contribution in [0.5, 0.6) is 46.0 Å². The number of aliphatic hydroxyl groups excluding tert-OH is 5. The zero-order chi connectivity index (χ0) is 40.3. The Hall–Kier alpha value is -5.78. The molecule has 298 valence electrons. The smallest absolute Gasteiger partial charge is 0.319 e. The standard InChI is InChI=1S/C41H38N3O11P3/c45-24-29-12-1-6-17-34(29)50-39-22-11-23-40(41(39)51-35-18-7-2-13-30(35)25-46)54-57-42-56-43(52-36-19-8-3-14-31(36)26-47)58(55-38-21-10-5-16-33(38)28-49)44(57)53-37-20-9-4-15-32(37)27-48/h1-23,45-49H,24-28H2. The van der Waals surface area contributed by atoms with Crippen LogP contribution in [0.15, 0.2) is 140 Å². The van der Waals surface area contributed by atoms with Crippen LogP contribution in [0, 0.1) is 0 Å². The van der Waals surface area contributed by atoms with E-state index in [0.29, 0.717) is 50.8 Å². The Bertz CT molecular complexity index is 2510. The summed E-state index contributed by atoms with van der Waals surface area (Å²) in [6, 6.07) is 39.9. The van der Waals surface area contributed by atoms with E-state index in [0.717, 1.165) is 0 Å². The lowest BCUT2D eigenvalue weighted by Crippen LogP contribution is -2.15. The van der Waals surface area contributed by atoms with Gasteiger partial charge in [-0.05, 0) is 46.7 Å². The Labute approximate surface area is 336 Å². The Morgan fingerprint density at radius 2 is 0.845 bits per heavy atom. The van der Waals surface area contributed by atoms with Gasteiger partial charge in [-0.2, -0.15) is 0 Å². The SMILES string of the molecule is OCc1ccccc1Oc1cccc(Op2npn(Oc3ccccc3CO)p(Oc3ccccc3CO)n2Oc2ccccc2CO)c1Oc1ccccc1CO. The van der Waals surface area contributed by atoms with Crippen LogP contribution in [0.1, 0.15) is 27.8 Å². The minimum Gasteiger partial charge on any atom is -0.453 e. The van der Waals surface area contributed by atoms with E-state index in [1.807, 2.05) is 0 Å². The van der Waals surface area contributed by atoms with Crippen LogP contribution in [-0.4, -0.2) is 38.6 Å². The molecule has 0 saturated carbocycles. The number of ether oxygens (including phenoxy) is 2. The van der Waals surface area contributed by atoms with Gasteiger partial charge in [0.1, 0.15) is 17.2 Å². The molecule has 1 aromatic heterocycles. The van der Waals surface area contributed by atoms with E-state index in [-0.39, 0.29) is 64.5 Å². The van der Waals surface area contributed by atoms with Gasteiger partial charge < -0.3 is 53.7 Å². The van der Waals surface area contributed by atoms with Gasteiger partial charge in [0.05, 0.1) is 33.0 Å². The number of para-hydroxylation sites is 6. The van der Waals surface area contributed by atoms with E-state index >= 15 is 0 Å². The van der Waals surface area contributed by atoms with Crippen molar-refractivity contribution in [2.75, 3.05) is 0 Å². The van der Waals surface area contributed by atoms with Gasteiger partial charge >= 0.3 is 16.2 Å². The van der Waals surface area contributed by atoms with Crippen molar-refractivity contribution < 1.29 is 53.7 Å². The lowest BCUT2D eigenvalue weighted by Gasteiger charge is -2.23. The van der Waals surface area contributed by atoms with Gasteiger partial charge in [-0.3, -0.25) is 0 Å². The predicted octanol–water partition coefficient (Wildman–Crippen LogP) is 8.78. The Kier molecular flexibility index (Phi) is 13.6. The van der Waals surface area contributed by atoms with Crippen molar-refractivity contribution in [3.05, 3.63) is 167 Å². The van der Waals surface area contributed by atoms with Gasteiger partial charge in [0, 0.05) is 27.8 Å². The van der Waals surface area contributed by atoms with E-state index in [2.05, 4.69) is 0 Å². The van der Waals surface area contributed by atoms with Gasteiger partial charge in [-0.1, -0.05) is 101 Å². The molecule has 0 aliphatic heterocycles. The quantitative estimate of drug-likeness (QED) is 0.0590. The summed E-state index contributed by atoms with van der Waals surface area (Å²) in [6.45, 7) is -1.54. The lowest BCUT2D eigenvalue weighted by atomic mass is 10.2. The Balaban J connectivity index is 1.43. The summed E-state index contributed by atoms with van der Waals surface area (Å²) in [4.78, 5) is 13.0. The van der Waals surface area contributed by atoms with E-state index in [4.69, 9.17) is 32.7 Å².